The Bertz CT molecular complexity index is 1420. The van der Waals surface area contributed by atoms with E-state index in [9.17, 15) is 27.2 Å². The number of halogens is 6. The van der Waals surface area contributed by atoms with Gasteiger partial charge in [0.15, 0.2) is 11.5 Å². The predicted octanol–water partition coefficient (Wildman–Crippen LogP) is 6.72. The van der Waals surface area contributed by atoms with E-state index >= 15 is 0 Å². The van der Waals surface area contributed by atoms with Crippen LogP contribution in [0.2, 0.25) is 10.0 Å². The molecule has 0 saturated carbocycles. The number of nitrogens with zero attached hydrogens (tertiary/aromatic N) is 3. The number of alkyl halides is 4. The Morgan fingerprint density at radius 2 is 1.87 bits per heavy atom. The lowest BCUT2D eigenvalue weighted by Crippen LogP contribution is -2.43. The molecule has 1 unspecified atom stereocenters. The van der Waals surface area contributed by atoms with Crippen LogP contribution in [0.25, 0.3) is 5.82 Å². The SMILES string of the molecule is CCC(C)(C)NC(=O)c1c(NC(=O)c2cc(C(F)(F)F)nn2-c2ncccc2Cl)c(Cl)cc2c1C(F)CC2. The van der Waals surface area contributed by atoms with E-state index in [0.717, 1.165) is 0 Å². The number of nitrogens with one attached hydrogen (secondary N) is 2. The number of carbonyl (C=O) groups excluding carboxylic acids is 2. The van der Waals surface area contributed by atoms with E-state index in [1.54, 1.807) is 13.8 Å². The minimum absolute atomic E-state index is 0.0592. The summed E-state index contributed by atoms with van der Waals surface area (Å²) in [6, 6.07) is 4.80. The number of aromatic nitrogens is 3. The number of benzene rings is 1. The molecule has 0 spiro atoms. The monoisotopic (exact) mass is 571 g/mol. The van der Waals surface area contributed by atoms with Crippen LogP contribution in [0.1, 0.15) is 77.5 Å². The fourth-order valence-electron chi connectivity index (χ4n) is 4.08. The van der Waals surface area contributed by atoms with Crippen molar-refractivity contribution in [1.29, 1.82) is 0 Å². The van der Waals surface area contributed by atoms with E-state index in [0.29, 0.717) is 29.2 Å². The number of amides is 2. The van der Waals surface area contributed by atoms with Crippen LogP contribution in [0.5, 0.6) is 0 Å². The third kappa shape index (κ3) is 5.35. The van der Waals surface area contributed by atoms with Crippen molar-refractivity contribution in [2.75, 3.05) is 5.32 Å². The molecule has 202 valence electrons. The smallest absolute Gasteiger partial charge is 0.347 e. The molecule has 2 N–H and O–H groups in total. The van der Waals surface area contributed by atoms with Gasteiger partial charge in [0.05, 0.1) is 21.3 Å². The average Bonchev–Trinajstić information content (AvgIpc) is 3.44. The zero-order chi connectivity index (χ0) is 28.0. The first kappa shape index (κ1) is 27.8. The molecule has 0 bridgehead atoms. The summed E-state index contributed by atoms with van der Waals surface area (Å²) in [6.45, 7) is 5.40. The van der Waals surface area contributed by atoms with Crippen molar-refractivity contribution in [3.63, 3.8) is 0 Å². The number of carbonyl (C=O) groups is 2. The van der Waals surface area contributed by atoms with E-state index in [2.05, 4.69) is 20.7 Å². The second-order valence-electron chi connectivity index (χ2n) is 9.47. The molecule has 1 atom stereocenters. The van der Waals surface area contributed by atoms with E-state index in [-0.39, 0.29) is 39.1 Å². The van der Waals surface area contributed by atoms with Crippen LogP contribution in [0.15, 0.2) is 30.5 Å². The van der Waals surface area contributed by atoms with E-state index in [1.807, 2.05) is 6.92 Å². The Morgan fingerprint density at radius 3 is 2.50 bits per heavy atom. The highest BCUT2D eigenvalue weighted by Crippen LogP contribution is 2.43. The molecule has 38 heavy (non-hydrogen) atoms. The number of rotatable bonds is 6. The first-order valence-electron chi connectivity index (χ1n) is 11.6. The summed E-state index contributed by atoms with van der Waals surface area (Å²) in [5.41, 5.74) is -2.41. The molecule has 2 aromatic heterocycles. The summed E-state index contributed by atoms with van der Waals surface area (Å²) < 4.78 is 56.2. The van der Waals surface area contributed by atoms with E-state index in [4.69, 9.17) is 23.2 Å². The van der Waals surface area contributed by atoms with Crippen molar-refractivity contribution < 1.29 is 27.2 Å². The Balaban J connectivity index is 1.84. The first-order chi connectivity index (χ1) is 17.7. The normalized spacial score (nSPS) is 15.3. The van der Waals surface area contributed by atoms with E-state index in [1.165, 1.54) is 24.4 Å². The van der Waals surface area contributed by atoms with Crippen LogP contribution in [-0.4, -0.2) is 32.1 Å². The van der Waals surface area contributed by atoms with Crippen LogP contribution in [0, 0.1) is 0 Å². The van der Waals surface area contributed by atoms with Gasteiger partial charge in [-0.2, -0.15) is 18.3 Å². The van der Waals surface area contributed by atoms with Crippen molar-refractivity contribution in [3.8, 4) is 5.82 Å². The highest BCUT2D eigenvalue weighted by molar-refractivity contribution is 6.35. The third-order valence-corrected chi connectivity index (χ3v) is 6.95. The number of fused-ring (bicyclic) bond motifs is 1. The van der Waals surface area contributed by atoms with Gasteiger partial charge in [0, 0.05) is 23.4 Å². The molecule has 3 aromatic rings. The lowest BCUT2D eigenvalue weighted by Gasteiger charge is -2.26. The standard InChI is InChI=1S/C25H23Cl2F4N5O2/c1-4-24(2,3)34-23(38)19-18-12(7-8-15(18)28)10-14(27)20(19)33-22(37)16-11-17(25(29,30)31)35-36(16)21-13(26)6-5-9-32-21/h5-6,9-11,15H,4,7-8H2,1-3H3,(H,33,37)(H,34,38). The highest BCUT2D eigenvalue weighted by atomic mass is 35.5. The van der Waals surface area contributed by atoms with Gasteiger partial charge in [-0.1, -0.05) is 30.1 Å². The lowest BCUT2D eigenvalue weighted by atomic mass is 9.96. The van der Waals surface area contributed by atoms with Gasteiger partial charge >= 0.3 is 6.18 Å². The number of aryl methyl sites for hydroxylation is 1. The van der Waals surface area contributed by atoms with Crippen LogP contribution in [0.4, 0.5) is 23.2 Å². The maximum Gasteiger partial charge on any atom is 0.435 e. The Labute approximate surface area is 225 Å². The largest absolute Gasteiger partial charge is 0.435 e. The van der Waals surface area contributed by atoms with E-state index < -0.39 is 41.1 Å². The number of pyridine rings is 1. The molecule has 1 aliphatic carbocycles. The van der Waals surface area contributed by atoms with Crippen molar-refractivity contribution in [2.24, 2.45) is 0 Å². The van der Waals surface area contributed by atoms with Crippen molar-refractivity contribution in [1.82, 2.24) is 20.1 Å². The molecule has 7 nitrogen and oxygen atoms in total. The molecule has 0 fully saturated rings. The topological polar surface area (TPSA) is 88.9 Å². The Kier molecular flexibility index (Phi) is 7.46. The molecule has 1 aromatic carbocycles. The van der Waals surface area contributed by atoms with Gasteiger partial charge in [0.25, 0.3) is 11.8 Å². The van der Waals surface area contributed by atoms with Gasteiger partial charge in [-0.25, -0.2) is 14.1 Å². The Hall–Kier alpha value is -3.18. The number of anilines is 1. The zero-order valence-electron chi connectivity index (χ0n) is 20.5. The summed E-state index contributed by atoms with van der Waals surface area (Å²) >= 11 is 12.6. The maximum atomic E-state index is 15.0. The fourth-order valence-corrected chi connectivity index (χ4v) is 4.55. The zero-order valence-corrected chi connectivity index (χ0v) is 22.0. The molecule has 0 aliphatic heterocycles. The van der Waals surface area contributed by atoms with Gasteiger partial charge in [-0.15, -0.1) is 0 Å². The molecular formula is C25H23Cl2F4N5O2. The molecule has 0 saturated heterocycles. The van der Waals surface area contributed by atoms with Crippen LogP contribution in [-0.2, 0) is 12.6 Å². The Morgan fingerprint density at radius 1 is 1.16 bits per heavy atom. The molecule has 13 heteroatoms. The van der Waals surface area contributed by atoms with Crippen molar-refractivity contribution in [3.05, 3.63) is 68.6 Å². The van der Waals surface area contributed by atoms with Crippen LogP contribution >= 0.6 is 23.2 Å². The summed E-state index contributed by atoms with van der Waals surface area (Å²) in [6.07, 6.45) is -4.09. The number of hydrogen-bond acceptors (Lipinski definition) is 4. The highest BCUT2D eigenvalue weighted by Gasteiger charge is 2.38. The van der Waals surface area contributed by atoms with Crippen molar-refractivity contribution >= 4 is 40.7 Å². The average molecular weight is 572 g/mol. The van der Waals surface area contributed by atoms with Crippen LogP contribution < -0.4 is 10.6 Å². The summed E-state index contributed by atoms with van der Waals surface area (Å²) in [4.78, 5) is 30.8. The molecule has 2 amide bonds. The van der Waals surface area contributed by atoms with Gasteiger partial charge in [-0.3, -0.25) is 9.59 Å². The van der Waals surface area contributed by atoms with Gasteiger partial charge in [0.1, 0.15) is 11.9 Å². The van der Waals surface area contributed by atoms with Gasteiger partial charge < -0.3 is 10.6 Å². The van der Waals surface area contributed by atoms with Crippen LogP contribution in [0.3, 0.4) is 0 Å². The summed E-state index contributed by atoms with van der Waals surface area (Å²) in [5, 5.41) is 8.61. The first-order valence-corrected chi connectivity index (χ1v) is 12.4. The van der Waals surface area contributed by atoms with Gasteiger partial charge in [0.2, 0.25) is 0 Å². The quantitative estimate of drug-likeness (QED) is 0.321. The maximum absolute atomic E-state index is 15.0. The third-order valence-electron chi connectivity index (χ3n) is 6.36. The minimum atomic E-state index is -4.88. The number of hydrogen-bond donors (Lipinski definition) is 2. The summed E-state index contributed by atoms with van der Waals surface area (Å²) in [7, 11) is 0. The molecule has 0 radical (unpaired) electrons. The fraction of sp³-hybridized carbons (Fsp3) is 0.360. The summed E-state index contributed by atoms with van der Waals surface area (Å²) in [5.74, 6) is -1.98. The van der Waals surface area contributed by atoms with Gasteiger partial charge in [-0.05, 0) is 56.9 Å². The predicted molar refractivity (Wildman–Crippen MR) is 135 cm³/mol. The second-order valence-corrected chi connectivity index (χ2v) is 10.3. The lowest BCUT2D eigenvalue weighted by molar-refractivity contribution is -0.141. The second kappa shape index (κ2) is 10.2. The molecule has 2 heterocycles. The van der Waals surface area contributed by atoms with Crippen molar-refractivity contribution in [2.45, 2.75) is 57.9 Å². The molecular weight excluding hydrogens is 549 g/mol. The minimum Gasteiger partial charge on any atom is -0.347 e. The molecule has 1 aliphatic rings. The molecule has 4 rings (SSSR count).